The third kappa shape index (κ3) is 4.33. The number of nitrogens with zero attached hydrogens (tertiary/aromatic N) is 1. The third-order valence-corrected chi connectivity index (χ3v) is 8.73. The Hall–Kier alpha value is -5.40. The number of anilines is 3. The standard InChI is InChI=1S/C42H31N/c1-28-11-19-33(20-12-28)43(34-21-13-29(2)14-22-34)35-23-15-30(16-24-35)27-40-41-36-9-5-3-7-31(36)17-25-38(41)39-26-18-32-8-4-6-10-37(32)42(39)40/h3-27H,1-2H3. The number of aryl methyl sites for hydroxylation is 2. The van der Waals surface area contributed by atoms with Gasteiger partial charge < -0.3 is 4.90 Å². The van der Waals surface area contributed by atoms with Gasteiger partial charge in [-0.1, -0.05) is 120 Å². The van der Waals surface area contributed by atoms with Gasteiger partial charge in [-0.05, 0) is 111 Å². The fourth-order valence-corrected chi connectivity index (χ4v) is 6.56. The fourth-order valence-electron chi connectivity index (χ4n) is 6.56. The Balaban J connectivity index is 1.29. The van der Waals surface area contributed by atoms with Crippen LogP contribution in [0.15, 0.2) is 146 Å². The summed E-state index contributed by atoms with van der Waals surface area (Å²) in [4.78, 5) is 2.33. The average molecular weight is 550 g/mol. The summed E-state index contributed by atoms with van der Waals surface area (Å²) < 4.78 is 0. The van der Waals surface area contributed by atoms with Crippen LogP contribution in [0.25, 0.3) is 44.3 Å². The highest BCUT2D eigenvalue weighted by Gasteiger charge is 2.27. The Morgan fingerprint density at radius 2 is 0.837 bits per heavy atom. The highest BCUT2D eigenvalue weighted by atomic mass is 15.1. The van der Waals surface area contributed by atoms with Crippen LogP contribution < -0.4 is 4.90 Å². The van der Waals surface area contributed by atoms with Crippen molar-refractivity contribution in [2.24, 2.45) is 0 Å². The molecule has 0 saturated carbocycles. The van der Waals surface area contributed by atoms with Crippen molar-refractivity contribution in [2.45, 2.75) is 13.8 Å². The lowest BCUT2D eigenvalue weighted by atomic mass is 9.93. The van der Waals surface area contributed by atoms with Crippen LogP contribution in [-0.2, 0) is 0 Å². The van der Waals surface area contributed by atoms with Crippen molar-refractivity contribution in [1.29, 1.82) is 0 Å². The van der Waals surface area contributed by atoms with Crippen molar-refractivity contribution >= 4 is 50.3 Å². The second-order valence-corrected chi connectivity index (χ2v) is 11.6. The number of hydrogen-bond donors (Lipinski definition) is 0. The van der Waals surface area contributed by atoms with Crippen molar-refractivity contribution in [3.63, 3.8) is 0 Å². The molecule has 0 heterocycles. The molecule has 0 unspecified atom stereocenters. The van der Waals surface area contributed by atoms with Crippen molar-refractivity contribution in [3.8, 4) is 11.1 Å². The summed E-state index contributed by atoms with van der Waals surface area (Å²) in [6, 6.07) is 53.2. The summed E-state index contributed by atoms with van der Waals surface area (Å²) in [6.07, 6.45) is 2.38. The Morgan fingerprint density at radius 1 is 0.419 bits per heavy atom. The quantitative estimate of drug-likeness (QED) is 0.211. The molecule has 0 aliphatic heterocycles. The molecule has 0 fully saturated rings. The summed E-state index contributed by atoms with van der Waals surface area (Å²) in [7, 11) is 0. The van der Waals surface area contributed by atoms with Gasteiger partial charge in [-0.25, -0.2) is 0 Å². The second-order valence-electron chi connectivity index (χ2n) is 11.6. The highest BCUT2D eigenvalue weighted by molar-refractivity contribution is 6.19. The molecular formula is C42H31N. The van der Waals surface area contributed by atoms with E-state index in [0.717, 1.165) is 17.1 Å². The molecule has 0 spiro atoms. The van der Waals surface area contributed by atoms with E-state index in [1.54, 1.807) is 0 Å². The molecule has 0 saturated heterocycles. The van der Waals surface area contributed by atoms with E-state index in [9.17, 15) is 0 Å². The summed E-state index contributed by atoms with van der Waals surface area (Å²) in [5.74, 6) is 0. The predicted octanol–water partition coefficient (Wildman–Crippen LogP) is 11.6. The third-order valence-electron chi connectivity index (χ3n) is 8.73. The Labute approximate surface area is 253 Å². The van der Waals surface area contributed by atoms with Crippen LogP contribution in [0.2, 0.25) is 0 Å². The first kappa shape index (κ1) is 25.3. The first-order valence-electron chi connectivity index (χ1n) is 14.9. The molecule has 0 aromatic heterocycles. The maximum Gasteiger partial charge on any atom is 0.0462 e. The van der Waals surface area contributed by atoms with Gasteiger partial charge in [-0.3, -0.25) is 0 Å². The maximum absolute atomic E-state index is 2.38. The van der Waals surface area contributed by atoms with E-state index in [-0.39, 0.29) is 0 Å². The molecule has 204 valence electrons. The lowest BCUT2D eigenvalue weighted by molar-refractivity contribution is 1.27. The van der Waals surface area contributed by atoms with Crippen LogP contribution in [0.5, 0.6) is 0 Å². The van der Waals surface area contributed by atoms with Gasteiger partial charge in [-0.2, -0.15) is 0 Å². The van der Waals surface area contributed by atoms with Crippen LogP contribution in [-0.4, -0.2) is 0 Å². The molecule has 43 heavy (non-hydrogen) atoms. The van der Waals surface area contributed by atoms with Gasteiger partial charge in [0.2, 0.25) is 0 Å². The first-order chi connectivity index (χ1) is 21.1. The monoisotopic (exact) mass is 549 g/mol. The van der Waals surface area contributed by atoms with Crippen molar-refractivity contribution in [1.82, 2.24) is 0 Å². The van der Waals surface area contributed by atoms with E-state index in [1.165, 1.54) is 66.1 Å². The lowest BCUT2D eigenvalue weighted by Crippen LogP contribution is -2.09. The Kier molecular flexibility index (Phi) is 5.98. The molecule has 0 radical (unpaired) electrons. The van der Waals surface area contributed by atoms with Gasteiger partial charge >= 0.3 is 0 Å². The maximum atomic E-state index is 2.38. The van der Waals surface area contributed by atoms with Crippen LogP contribution in [0.1, 0.15) is 27.8 Å². The van der Waals surface area contributed by atoms with E-state index in [4.69, 9.17) is 0 Å². The minimum atomic E-state index is 1.14. The molecule has 1 aliphatic carbocycles. The van der Waals surface area contributed by atoms with Crippen LogP contribution in [0.4, 0.5) is 17.1 Å². The Morgan fingerprint density at radius 3 is 1.30 bits per heavy atom. The minimum absolute atomic E-state index is 1.14. The molecule has 8 rings (SSSR count). The molecule has 1 heteroatoms. The Bertz CT molecular complexity index is 2030. The SMILES string of the molecule is Cc1ccc(N(c2ccc(C)cc2)c2ccc(C=C3c4c(ccc5ccccc45)-c4ccc5ccccc5c43)cc2)cc1. The van der Waals surface area contributed by atoms with E-state index in [1.807, 2.05) is 0 Å². The smallest absolute Gasteiger partial charge is 0.0462 e. The lowest BCUT2D eigenvalue weighted by Gasteiger charge is -2.26. The zero-order valence-electron chi connectivity index (χ0n) is 24.4. The van der Waals surface area contributed by atoms with Gasteiger partial charge in [-0.15, -0.1) is 0 Å². The summed E-state index contributed by atoms with van der Waals surface area (Å²) >= 11 is 0. The van der Waals surface area contributed by atoms with Gasteiger partial charge in [0.05, 0.1) is 0 Å². The highest BCUT2D eigenvalue weighted by Crippen LogP contribution is 2.50. The van der Waals surface area contributed by atoms with Crippen molar-refractivity contribution in [3.05, 3.63) is 173 Å². The van der Waals surface area contributed by atoms with Crippen molar-refractivity contribution < 1.29 is 0 Å². The number of fused-ring (bicyclic) bond motifs is 7. The molecule has 0 N–H and O–H groups in total. The van der Waals surface area contributed by atoms with Gasteiger partial charge in [0, 0.05) is 17.1 Å². The van der Waals surface area contributed by atoms with Gasteiger partial charge in [0.1, 0.15) is 0 Å². The van der Waals surface area contributed by atoms with Crippen molar-refractivity contribution in [2.75, 3.05) is 4.90 Å². The van der Waals surface area contributed by atoms with Crippen LogP contribution >= 0.6 is 0 Å². The molecule has 0 amide bonds. The molecule has 7 aromatic carbocycles. The average Bonchev–Trinajstić information content (AvgIpc) is 3.38. The second kappa shape index (κ2) is 10.2. The molecule has 7 aromatic rings. The molecule has 0 bridgehead atoms. The topological polar surface area (TPSA) is 3.24 Å². The number of rotatable bonds is 4. The van der Waals surface area contributed by atoms with E-state index in [0.29, 0.717) is 0 Å². The predicted molar refractivity (Wildman–Crippen MR) is 184 cm³/mol. The van der Waals surface area contributed by atoms with Crippen LogP contribution in [0, 0.1) is 13.8 Å². The van der Waals surface area contributed by atoms with E-state index in [2.05, 4.69) is 170 Å². The minimum Gasteiger partial charge on any atom is -0.311 e. The molecule has 1 nitrogen and oxygen atoms in total. The van der Waals surface area contributed by atoms with Gasteiger partial charge in [0.25, 0.3) is 0 Å². The fraction of sp³-hybridized carbons (Fsp3) is 0.0476. The summed E-state index contributed by atoms with van der Waals surface area (Å²) in [6.45, 7) is 4.27. The van der Waals surface area contributed by atoms with E-state index >= 15 is 0 Å². The normalized spacial score (nSPS) is 11.9. The van der Waals surface area contributed by atoms with Gasteiger partial charge in [0.15, 0.2) is 0 Å². The molecule has 0 atom stereocenters. The van der Waals surface area contributed by atoms with Crippen LogP contribution in [0.3, 0.4) is 0 Å². The molecular weight excluding hydrogens is 518 g/mol. The molecule has 1 aliphatic rings. The summed E-state index contributed by atoms with van der Waals surface area (Å²) in [5.41, 5.74) is 13.7. The number of hydrogen-bond acceptors (Lipinski definition) is 1. The zero-order valence-corrected chi connectivity index (χ0v) is 24.4. The zero-order chi connectivity index (χ0) is 28.9. The number of benzene rings is 7. The first-order valence-corrected chi connectivity index (χ1v) is 14.9. The largest absolute Gasteiger partial charge is 0.311 e. The van der Waals surface area contributed by atoms with E-state index < -0.39 is 0 Å². The summed E-state index contributed by atoms with van der Waals surface area (Å²) in [5, 5.41) is 5.14.